The van der Waals surface area contributed by atoms with Gasteiger partial charge in [0, 0.05) is 37.9 Å². The van der Waals surface area contributed by atoms with Crippen LogP contribution in [-0.2, 0) is 6.54 Å². The summed E-state index contributed by atoms with van der Waals surface area (Å²) in [5.74, 6) is 0.718. The Kier molecular flexibility index (Phi) is 5.10. The summed E-state index contributed by atoms with van der Waals surface area (Å²) in [5.41, 5.74) is 0.984. The SMILES string of the molecule is CC(C)N1CCN(C(=O)NCc2nncn2-c2ccccc2)CC1. The highest BCUT2D eigenvalue weighted by atomic mass is 16.2. The molecule has 1 aliphatic heterocycles. The molecule has 0 unspecified atom stereocenters. The minimum Gasteiger partial charge on any atom is -0.331 e. The highest BCUT2D eigenvalue weighted by Gasteiger charge is 2.22. The molecular weight excluding hydrogens is 304 g/mol. The Balaban J connectivity index is 1.55. The van der Waals surface area contributed by atoms with E-state index in [0.29, 0.717) is 12.6 Å². The Morgan fingerprint density at radius 1 is 1.17 bits per heavy atom. The van der Waals surface area contributed by atoms with Crippen LogP contribution in [0, 0.1) is 0 Å². The molecule has 128 valence electrons. The van der Waals surface area contributed by atoms with Crippen LogP contribution < -0.4 is 5.32 Å². The van der Waals surface area contributed by atoms with E-state index in [1.54, 1.807) is 6.33 Å². The number of benzene rings is 1. The van der Waals surface area contributed by atoms with E-state index in [2.05, 4.69) is 34.3 Å². The number of urea groups is 1. The van der Waals surface area contributed by atoms with E-state index >= 15 is 0 Å². The van der Waals surface area contributed by atoms with Crippen molar-refractivity contribution in [3.63, 3.8) is 0 Å². The van der Waals surface area contributed by atoms with Crippen LogP contribution in [0.25, 0.3) is 5.69 Å². The summed E-state index contributed by atoms with van der Waals surface area (Å²) in [4.78, 5) is 16.6. The van der Waals surface area contributed by atoms with Crippen LogP contribution in [0.5, 0.6) is 0 Å². The van der Waals surface area contributed by atoms with Gasteiger partial charge in [0.15, 0.2) is 5.82 Å². The largest absolute Gasteiger partial charge is 0.331 e. The molecule has 1 saturated heterocycles. The van der Waals surface area contributed by atoms with E-state index in [1.165, 1.54) is 0 Å². The van der Waals surface area contributed by atoms with Gasteiger partial charge in [0.25, 0.3) is 0 Å². The van der Waals surface area contributed by atoms with E-state index in [0.717, 1.165) is 37.7 Å². The third-order valence-electron chi connectivity index (χ3n) is 4.38. The molecule has 1 aromatic heterocycles. The molecule has 0 bridgehead atoms. The van der Waals surface area contributed by atoms with Gasteiger partial charge in [-0.2, -0.15) is 0 Å². The van der Waals surface area contributed by atoms with Crippen LogP contribution in [0.3, 0.4) is 0 Å². The smallest absolute Gasteiger partial charge is 0.317 e. The Morgan fingerprint density at radius 2 is 1.88 bits per heavy atom. The number of hydrogen-bond donors (Lipinski definition) is 1. The molecule has 1 aliphatic rings. The summed E-state index contributed by atoms with van der Waals surface area (Å²) in [6.45, 7) is 8.09. The molecule has 7 heteroatoms. The lowest BCUT2D eigenvalue weighted by Gasteiger charge is -2.36. The molecule has 1 aromatic carbocycles. The highest BCUT2D eigenvalue weighted by molar-refractivity contribution is 5.74. The van der Waals surface area contributed by atoms with E-state index in [1.807, 2.05) is 39.8 Å². The van der Waals surface area contributed by atoms with Crippen LogP contribution in [-0.4, -0.2) is 62.8 Å². The van der Waals surface area contributed by atoms with Crippen molar-refractivity contribution in [3.8, 4) is 5.69 Å². The molecule has 0 radical (unpaired) electrons. The predicted octanol–water partition coefficient (Wildman–Crippen LogP) is 1.50. The molecule has 3 rings (SSSR count). The van der Waals surface area contributed by atoms with Crippen molar-refractivity contribution in [1.29, 1.82) is 0 Å². The van der Waals surface area contributed by atoms with Gasteiger partial charge in [-0.3, -0.25) is 9.47 Å². The van der Waals surface area contributed by atoms with E-state index < -0.39 is 0 Å². The van der Waals surface area contributed by atoms with Gasteiger partial charge in [0.2, 0.25) is 0 Å². The van der Waals surface area contributed by atoms with Gasteiger partial charge in [-0.05, 0) is 26.0 Å². The van der Waals surface area contributed by atoms with E-state index in [9.17, 15) is 4.79 Å². The van der Waals surface area contributed by atoms with Crippen LogP contribution in [0.4, 0.5) is 4.79 Å². The lowest BCUT2D eigenvalue weighted by Crippen LogP contribution is -2.53. The first kappa shape index (κ1) is 16.4. The number of carbonyl (C=O) groups excluding carboxylic acids is 1. The zero-order valence-electron chi connectivity index (χ0n) is 14.2. The topological polar surface area (TPSA) is 66.3 Å². The summed E-state index contributed by atoms with van der Waals surface area (Å²) >= 11 is 0. The van der Waals surface area contributed by atoms with Gasteiger partial charge in [-0.15, -0.1) is 10.2 Å². The molecule has 7 nitrogen and oxygen atoms in total. The molecule has 0 spiro atoms. The van der Waals surface area contributed by atoms with Crippen molar-refractivity contribution >= 4 is 6.03 Å². The molecule has 2 aromatic rings. The Morgan fingerprint density at radius 3 is 2.54 bits per heavy atom. The van der Waals surface area contributed by atoms with Crippen molar-refractivity contribution in [3.05, 3.63) is 42.5 Å². The Labute approximate surface area is 142 Å². The number of hydrogen-bond acceptors (Lipinski definition) is 4. The van der Waals surface area contributed by atoms with E-state index in [-0.39, 0.29) is 6.03 Å². The van der Waals surface area contributed by atoms with Crippen molar-refractivity contribution in [2.24, 2.45) is 0 Å². The second-order valence-electron chi connectivity index (χ2n) is 6.23. The lowest BCUT2D eigenvalue weighted by molar-refractivity contribution is 0.119. The molecule has 1 N–H and O–H groups in total. The minimum absolute atomic E-state index is 0.0407. The second-order valence-corrected chi connectivity index (χ2v) is 6.23. The summed E-state index contributed by atoms with van der Waals surface area (Å²) < 4.78 is 1.89. The molecule has 2 heterocycles. The summed E-state index contributed by atoms with van der Waals surface area (Å²) in [6, 6.07) is 10.4. The van der Waals surface area contributed by atoms with Crippen molar-refractivity contribution in [2.45, 2.75) is 26.4 Å². The van der Waals surface area contributed by atoms with Crippen LogP contribution in [0.15, 0.2) is 36.7 Å². The molecule has 0 aliphatic carbocycles. The molecule has 2 amide bonds. The van der Waals surface area contributed by atoms with Gasteiger partial charge >= 0.3 is 6.03 Å². The minimum atomic E-state index is -0.0407. The maximum Gasteiger partial charge on any atom is 0.317 e. The third-order valence-corrected chi connectivity index (χ3v) is 4.38. The number of nitrogens with one attached hydrogen (secondary N) is 1. The maximum atomic E-state index is 12.4. The molecular formula is C17H24N6O. The van der Waals surface area contributed by atoms with Gasteiger partial charge in [-0.25, -0.2) is 4.79 Å². The number of nitrogens with zero attached hydrogens (tertiary/aromatic N) is 5. The quantitative estimate of drug-likeness (QED) is 0.924. The number of amides is 2. The van der Waals surface area contributed by atoms with Gasteiger partial charge in [0.1, 0.15) is 6.33 Å². The number of piperazine rings is 1. The fraction of sp³-hybridized carbons (Fsp3) is 0.471. The summed E-state index contributed by atoms with van der Waals surface area (Å²) in [7, 11) is 0. The number of para-hydroxylation sites is 1. The second kappa shape index (κ2) is 7.44. The van der Waals surface area contributed by atoms with Crippen molar-refractivity contribution in [2.75, 3.05) is 26.2 Å². The molecule has 24 heavy (non-hydrogen) atoms. The van der Waals surface area contributed by atoms with Crippen molar-refractivity contribution in [1.82, 2.24) is 29.9 Å². The monoisotopic (exact) mass is 328 g/mol. The first-order chi connectivity index (χ1) is 11.6. The summed E-state index contributed by atoms with van der Waals surface area (Å²) in [6.07, 6.45) is 1.66. The van der Waals surface area contributed by atoms with E-state index in [4.69, 9.17) is 0 Å². The first-order valence-electron chi connectivity index (χ1n) is 8.36. The maximum absolute atomic E-state index is 12.4. The van der Waals surface area contributed by atoms with Gasteiger partial charge in [-0.1, -0.05) is 18.2 Å². The van der Waals surface area contributed by atoms with Crippen LogP contribution in [0.1, 0.15) is 19.7 Å². The van der Waals surface area contributed by atoms with Gasteiger partial charge < -0.3 is 10.2 Å². The standard InChI is InChI=1S/C17H24N6O/c1-14(2)21-8-10-22(11-9-21)17(24)18-12-16-20-19-13-23(16)15-6-4-3-5-7-15/h3-7,13-14H,8-12H2,1-2H3,(H,18,24). The number of rotatable bonds is 4. The lowest BCUT2D eigenvalue weighted by atomic mass is 10.2. The van der Waals surface area contributed by atoms with Crippen molar-refractivity contribution < 1.29 is 4.79 Å². The van der Waals surface area contributed by atoms with Crippen LogP contribution in [0.2, 0.25) is 0 Å². The zero-order chi connectivity index (χ0) is 16.9. The van der Waals surface area contributed by atoms with Crippen LogP contribution >= 0.6 is 0 Å². The fourth-order valence-electron chi connectivity index (χ4n) is 2.89. The molecule has 0 atom stereocenters. The predicted molar refractivity (Wildman–Crippen MR) is 91.9 cm³/mol. The average Bonchev–Trinajstić information content (AvgIpc) is 3.09. The normalized spacial score (nSPS) is 15.7. The first-order valence-corrected chi connectivity index (χ1v) is 8.36. The Hall–Kier alpha value is -2.41. The number of carbonyl (C=O) groups is 1. The highest BCUT2D eigenvalue weighted by Crippen LogP contribution is 2.09. The van der Waals surface area contributed by atoms with Gasteiger partial charge in [0.05, 0.1) is 6.54 Å². The zero-order valence-corrected chi connectivity index (χ0v) is 14.2. The third kappa shape index (κ3) is 3.73. The average molecular weight is 328 g/mol. The summed E-state index contributed by atoms with van der Waals surface area (Å²) in [5, 5.41) is 11.0. The molecule has 0 saturated carbocycles. The molecule has 1 fully saturated rings. The Bertz CT molecular complexity index is 661. The number of aromatic nitrogens is 3. The fourth-order valence-corrected chi connectivity index (χ4v) is 2.89.